The van der Waals surface area contributed by atoms with Gasteiger partial charge >= 0.3 is 11.9 Å². The number of primary amides is 2. The Bertz CT molecular complexity index is 2980. The normalized spacial score (nSPS) is 16.9. The number of likely N-dealkylation sites (tertiary alicyclic amines) is 1. The second-order valence-electron chi connectivity index (χ2n) is 27.7. The van der Waals surface area contributed by atoms with Crippen LogP contribution < -0.4 is 87.2 Å². The minimum absolute atomic E-state index is 0.0283. The first-order chi connectivity index (χ1) is 47.8. The lowest BCUT2D eigenvalue weighted by Gasteiger charge is -2.31. The standard InChI is InChI=1S/C64H112N18O21/c1-28(2)21-37(53(92)73-40(25-45(66)86)54(93)71-36(17-18-47(88)89)52(91)76-41(24-31(7)8)62(101)82-20-14-16-44(82)58(97)77-42(63(102)103)26-46(67)87)75-60(99)50(34(12)85)81-56(95)39(23-30(5)6)74-59(98)48(32(9)10)79-55(94)38(22-29(3)4)72-57(96)43(27-83)78-61(100)49(33(11)84)80-51(90)35(65)15-13-19-70-64(68)69/h28-44,48-50,83-85H,13-27,65H2,1-12H3,(H2,66,86)(H2,67,87)(H,71,93)(H,72,96)(H,73,92)(H,74,98)(H,75,99)(H,76,91)(H,77,97)(H,78,100)(H,79,94)(H,80,90)(H,81,95)(H,88,89)(H,102,103)(H4,68,69,70)/t33-,34-,35+,36+,37+,38+,39+,40+,41+,42+,43+,44+,48+,49+,50+/m1/s1. The minimum atomic E-state index is -1.94. The van der Waals surface area contributed by atoms with Crippen molar-refractivity contribution in [2.24, 2.45) is 63.3 Å². The highest BCUT2D eigenvalue weighted by Crippen LogP contribution is 2.22. The van der Waals surface area contributed by atoms with Crippen LogP contribution in [0, 0.1) is 29.6 Å². The zero-order chi connectivity index (χ0) is 79.0. The van der Waals surface area contributed by atoms with Crippen molar-refractivity contribution in [3.63, 3.8) is 0 Å². The molecule has 1 aliphatic rings. The number of hydrogen-bond acceptors (Lipinski definition) is 21. The quantitative estimate of drug-likeness (QED) is 0.0153. The number of amides is 14. The number of aliphatic hydroxyl groups is 3. The second-order valence-corrected chi connectivity index (χ2v) is 27.7. The van der Waals surface area contributed by atoms with Crippen LogP contribution in [0.5, 0.6) is 0 Å². The summed E-state index contributed by atoms with van der Waals surface area (Å²) < 4.78 is 0. The molecule has 0 aromatic rings. The summed E-state index contributed by atoms with van der Waals surface area (Å²) in [5.41, 5.74) is 27.3. The SMILES string of the molecule is CC(C)C[C@H](NC(=O)[C@H](CO)NC(=O)[C@@H](NC(=O)[C@@H](N)CCCN=C(N)N)[C@@H](C)O)C(=O)N[C@H](C(=O)N[C@@H](CC(C)C)C(=O)N[C@H](C(=O)N[C@@H](CC(C)C)C(=O)N[C@@H](CC(N)=O)C(=O)N[C@@H](CCC(=O)O)C(=O)N[C@@H](CC(C)C)C(=O)N1CCC[C@H]1C(=O)N[C@@H](CC(N)=O)C(=O)O)[C@@H](C)O)C(C)C. The Kier molecular flexibility index (Phi) is 39.9. The molecule has 0 aromatic carbocycles. The van der Waals surface area contributed by atoms with Crippen LogP contribution in [0.25, 0.3) is 0 Å². The molecule has 0 unspecified atom stereocenters. The number of carboxylic acids is 2. The third kappa shape index (κ3) is 33.5. The van der Waals surface area contributed by atoms with Gasteiger partial charge in [-0.3, -0.25) is 76.9 Å². The van der Waals surface area contributed by atoms with Gasteiger partial charge in [-0.2, -0.15) is 0 Å². The summed E-state index contributed by atoms with van der Waals surface area (Å²) in [6.45, 7) is 18.0. The lowest BCUT2D eigenvalue weighted by atomic mass is 9.98. The molecule has 15 atom stereocenters. The highest BCUT2D eigenvalue weighted by molar-refractivity contribution is 6.01. The Labute approximate surface area is 598 Å². The number of carboxylic acid groups (broad SMARTS) is 2. The number of carbonyl (C=O) groups excluding carboxylic acids is 14. The maximum atomic E-state index is 14.3. The number of nitrogens with two attached hydrogens (primary N) is 5. The van der Waals surface area contributed by atoms with Crippen molar-refractivity contribution in [3.05, 3.63) is 0 Å². The van der Waals surface area contributed by atoms with Gasteiger partial charge in [0.2, 0.25) is 82.7 Å². The van der Waals surface area contributed by atoms with Crippen LogP contribution in [0.15, 0.2) is 4.99 Å². The number of carbonyl (C=O) groups is 16. The number of aliphatic carboxylic acids is 2. The van der Waals surface area contributed by atoms with Crippen molar-refractivity contribution >= 4 is 101 Å². The summed E-state index contributed by atoms with van der Waals surface area (Å²) in [5, 5.41) is 77.4. The van der Waals surface area contributed by atoms with Gasteiger partial charge in [-0.05, 0) is 101 Å². The molecule has 1 fully saturated rings. The molecule has 0 spiro atoms. The molecule has 1 aliphatic heterocycles. The van der Waals surface area contributed by atoms with E-state index in [2.05, 4.69) is 63.5 Å². The van der Waals surface area contributed by atoms with Crippen molar-refractivity contribution in [3.8, 4) is 0 Å². The lowest BCUT2D eigenvalue weighted by Crippen LogP contribution is -2.63. The van der Waals surface area contributed by atoms with Gasteiger partial charge in [0, 0.05) is 19.5 Å². The van der Waals surface area contributed by atoms with Crippen molar-refractivity contribution in [1.82, 2.24) is 63.4 Å². The fraction of sp³-hybridized carbons (Fsp3) is 0.734. The molecule has 14 amide bonds. The maximum Gasteiger partial charge on any atom is 0.326 e. The van der Waals surface area contributed by atoms with E-state index in [1.165, 1.54) is 6.92 Å². The van der Waals surface area contributed by atoms with Crippen LogP contribution >= 0.6 is 0 Å². The van der Waals surface area contributed by atoms with Gasteiger partial charge in [0.05, 0.1) is 37.7 Å². The first kappa shape index (κ1) is 91.6. The highest BCUT2D eigenvalue weighted by atomic mass is 16.4. The average molecular weight is 1470 g/mol. The molecule has 39 nitrogen and oxygen atoms in total. The molecule has 0 radical (unpaired) electrons. The highest BCUT2D eigenvalue weighted by Gasteiger charge is 2.42. The van der Waals surface area contributed by atoms with Crippen LogP contribution in [0.1, 0.15) is 160 Å². The third-order valence-corrected chi connectivity index (χ3v) is 16.0. The van der Waals surface area contributed by atoms with E-state index in [1.807, 2.05) is 0 Å². The number of hydrogen-bond donors (Lipinski definition) is 21. The van der Waals surface area contributed by atoms with E-state index < -0.39 is 230 Å². The smallest absolute Gasteiger partial charge is 0.326 e. The van der Waals surface area contributed by atoms with Crippen LogP contribution in [0.4, 0.5) is 0 Å². The lowest BCUT2D eigenvalue weighted by molar-refractivity contribution is -0.146. The Morgan fingerprint density at radius 2 is 0.816 bits per heavy atom. The molecule has 0 aromatic heterocycles. The predicted molar refractivity (Wildman–Crippen MR) is 369 cm³/mol. The van der Waals surface area contributed by atoms with E-state index in [0.717, 1.165) is 11.8 Å². The fourth-order valence-corrected chi connectivity index (χ4v) is 10.8. The molecular weight excluding hydrogens is 1360 g/mol. The summed E-state index contributed by atoms with van der Waals surface area (Å²) in [5.74, 6) is -19.8. The topological polar surface area (TPSA) is 652 Å². The Morgan fingerprint density at radius 3 is 1.24 bits per heavy atom. The first-order valence-electron chi connectivity index (χ1n) is 34.3. The molecule has 39 heteroatoms. The maximum absolute atomic E-state index is 14.3. The molecule has 0 aliphatic carbocycles. The molecule has 1 rings (SSSR count). The summed E-state index contributed by atoms with van der Waals surface area (Å²) in [7, 11) is 0. The van der Waals surface area contributed by atoms with Gasteiger partial charge in [0.15, 0.2) is 5.96 Å². The van der Waals surface area contributed by atoms with E-state index in [0.29, 0.717) is 0 Å². The van der Waals surface area contributed by atoms with E-state index in [1.54, 1.807) is 69.2 Å². The second kappa shape index (κ2) is 44.9. The van der Waals surface area contributed by atoms with Crippen LogP contribution in [0.2, 0.25) is 0 Å². The average Bonchev–Trinajstić information content (AvgIpc) is 1.78. The van der Waals surface area contributed by atoms with Crippen LogP contribution in [-0.2, 0) is 76.7 Å². The molecule has 0 saturated carbocycles. The number of aliphatic hydroxyl groups excluding tert-OH is 3. The van der Waals surface area contributed by atoms with Gasteiger partial charge in [-0.1, -0.05) is 69.2 Å². The fourth-order valence-electron chi connectivity index (χ4n) is 10.8. The van der Waals surface area contributed by atoms with Crippen molar-refractivity contribution < 1.29 is 102 Å². The van der Waals surface area contributed by atoms with E-state index >= 15 is 0 Å². The Hall–Kier alpha value is -9.37. The van der Waals surface area contributed by atoms with Crippen LogP contribution in [0.3, 0.4) is 0 Å². The van der Waals surface area contributed by atoms with Crippen LogP contribution in [-0.4, -0.2) is 241 Å². The third-order valence-electron chi connectivity index (χ3n) is 16.0. The number of guanidine groups is 1. The zero-order valence-electron chi connectivity index (χ0n) is 60.7. The predicted octanol–water partition coefficient (Wildman–Crippen LogP) is -7.01. The molecule has 26 N–H and O–H groups in total. The monoisotopic (exact) mass is 1470 g/mol. The van der Waals surface area contributed by atoms with Gasteiger partial charge in [0.1, 0.15) is 72.5 Å². The van der Waals surface area contributed by atoms with E-state index in [-0.39, 0.29) is 88.2 Å². The molecule has 584 valence electrons. The summed E-state index contributed by atoms with van der Waals surface area (Å²) in [6, 6.07) is -20.6. The number of rotatable bonds is 47. The molecule has 103 heavy (non-hydrogen) atoms. The Morgan fingerprint density at radius 1 is 0.447 bits per heavy atom. The zero-order valence-corrected chi connectivity index (χ0v) is 60.7. The largest absolute Gasteiger partial charge is 0.481 e. The molecule has 0 bridgehead atoms. The number of nitrogens with one attached hydrogen (secondary N) is 11. The summed E-state index contributed by atoms with van der Waals surface area (Å²) >= 11 is 0. The molecular formula is C64H112N18O21. The van der Waals surface area contributed by atoms with Crippen molar-refractivity contribution in [1.29, 1.82) is 0 Å². The van der Waals surface area contributed by atoms with E-state index in [4.69, 9.17) is 28.7 Å². The molecule has 1 heterocycles. The van der Waals surface area contributed by atoms with Gasteiger partial charge < -0.3 is 118 Å². The summed E-state index contributed by atoms with van der Waals surface area (Å²) in [6.07, 6.45) is -6.11. The van der Waals surface area contributed by atoms with Crippen molar-refractivity contribution in [2.75, 3.05) is 19.7 Å². The first-order valence-corrected chi connectivity index (χ1v) is 34.3. The minimum Gasteiger partial charge on any atom is -0.481 e. The van der Waals surface area contributed by atoms with Crippen molar-refractivity contribution in [2.45, 2.75) is 251 Å². The number of aliphatic imine (C=N–C) groups is 1. The summed E-state index contributed by atoms with van der Waals surface area (Å²) in [4.78, 5) is 220. The van der Waals surface area contributed by atoms with Gasteiger partial charge in [0.25, 0.3) is 0 Å². The van der Waals surface area contributed by atoms with E-state index in [9.17, 15) is 102 Å². The number of nitrogens with zero attached hydrogens (tertiary/aromatic N) is 2. The van der Waals surface area contributed by atoms with Gasteiger partial charge in [-0.15, -0.1) is 0 Å². The Balaban J connectivity index is 3.51. The molecule has 1 saturated heterocycles. The van der Waals surface area contributed by atoms with Gasteiger partial charge in [-0.25, -0.2) is 4.79 Å².